The highest BCUT2D eigenvalue weighted by Gasteiger charge is 2.22. The first-order valence-electron chi connectivity index (χ1n) is 13.6. The van der Waals surface area contributed by atoms with Crippen LogP contribution in [0.3, 0.4) is 0 Å². The number of furan rings is 1. The number of aryl methyl sites for hydroxylation is 2. The first-order valence-corrected chi connectivity index (χ1v) is 14.4. The van der Waals surface area contributed by atoms with E-state index in [1.807, 2.05) is 17.5 Å². The molecule has 3 heteroatoms. The Bertz CT molecular complexity index is 1830. The monoisotopic (exact) mass is 517 g/mol. The van der Waals surface area contributed by atoms with E-state index in [0.717, 1.165) is 45.5 Å². The Kier molecular flexibility index (Phi) is 5.96. The Morgan fingerprint density at radius 2 is 1.63 bits per heavy atom. The minimum absolute atomic E-state index is 0.0103. The topological polar surface area (TPSA) is 26.0 Å². The largest absolute Gasteiger partial charge is 0.453 e. The summed E-state index contributed by atoms with van der Waals surface area (Å²) in [6.07, 6.45) is 3.04. The van der Waals surface area contributed by atoms with Gasteiger partial charge in [-0.15, -0.1) is 11.3 Å². The number of thiophene rings is 1. The minimum atomic E-state index is 0.0103. The van der Waals surface area contributed by atoms with Gasteiger partial charge in [0, 0.05) is 37.9 Å². The molecule has 3 heterocycles. The van der Waals surface area contributed by atoms with Gasteiger partial charge in [-0.05, 0) is 83.2 Å². The van der Waals surface area contributed by atoms with Crippen LogP contribution >= 0.6 is 11.3 Å². The molecule has 0 fully saturated rings. The van der Waals surface area contributed by atoms with E-state index in [0.29, 0.717) is 5.92 Å². The van der Waals surface area contributed by atoms with Crippen molar-refractivity contribution >= 4 is 43.2 Å². The molecule has 6 rings (SSSR count). The lowest BCUT2D eigenvalue weighted by molar-refractivity contribution is 0.596. The van der Waals surface area contributed by atoms with Crippen molar-refractivity contribution in [1.29, 1.82) is 0 Å². The van der Waals surface area contributed by atoms with Gasteiger partial charge in [-0.3, -0.25) is 4.98 Å². The highest BCUT2D eigenvalue weighted by Crippen LogP contribution is 2.42. The quantitative estimate of drug-likeness (QED) is 0.232. The molecule has 0 aliphatic heterocycles. The molecule has 3 aromatic carbocycles. The maximum atomic E-state index is 6.70. The van der Waals surface area contributed by atoms with Gasteiger partial charge in [0.15, 0.2) is 5.58 Å². The highest BCUT2D eigenvalue weighted by molar-refractivity contribution is 7.19. The lowest BCUT2D eigenvalue weighted by atomic mass is 9.82. The Hall–Kier alpha value is -3.43. The molecule has 0 N–H and O–H groups in total. The smallest absolute Gasteiger partial charge is 0.161 e. The number of rotatable bonds is 4. The second-order valence-electron chi connectivity index (χ2n) is 12.0. The summed E-state index contributed by atoms with van der Waals surface area (Å²) in [6, 6.07) is 22.1. The number of fused-ring (bicyclic) bond motifs is 3. The van der Waals surface area contributed by atoms with E-state index in [2.05, 4.69) is 109 Å². The number of hydrogen-bond acceptors (Lipinski definition) is 3. The molecule has 0 radical (unpaired) electrons. The van der Waals surface area contributed by atoms with Crippen molar-refractivity contribution in [2.45, 2.75) is 60.3 Å². The van der Waals surface area contributed by atoms with Crippen LogP contribution in [-0.2, 0) is 11.8 Å². The van der Waals surface area contributed by atoms with Gasteiger partial charge in [0.05, 0.1) is 0 Å². The minimum Gasteiger partial charge on any atom is -0.453 e. The number of nitrogens with zero attached hydrogens (tertiary/aromatic N) is 1. The SMILES string of the molecule is Cc1c(CC(C)C)sc2cc(-c3oc4c(-c5cc(C(C)(C)C)c6ccccc6c5)nccc4c3C)ccc12. The van der Waals surface area contributed by atoms with E-state index in [-0.39, 0.29) is 5.41 Å². The van der Waals surface area contributed by atoms with Crippen molar-refractivity contribution < 1.29 is 4.42 Å². The average molecular weight is 518 g/mol. The zero-order valence-electron chi connectivity index (χ0n) is 23.4. The van der Waals surface area contributed by atoms with E-state index in [4.69, 9.17) is 9.40 Å². The van der Waals surface area contributed by atoms with E-state index >= 15 is 0 Å². The standard InChI is InChI=1S/C35H35NOS/c1-20(2)16-30-21(3)26-13-12-24(19-31(26)38-30)33-22(4)27-14-15-36-32(34(27)37-33)25-17-23-10-8-9-11-28(23)29(18-25)35(5,6)7/h8-15,17-20H,16H2,1-7H3. The first-order chi connectivity index (χ1) is 18.1. The van der Waals surface area contributed by atoms with Crippen LogP contribution in [0.1, 0.15) is 56.2 Å². The fraction of sp³-hybridized carbons (Fsp3) is 0.286. The molecule has 0 saturated heterocycles. The average Bonchev–Trinajstić information content (AvgIpc) is 3.38. The molecule has 38 heavy (non-hydrogen) atoms. The Balaban J connectivity index is 1.52. The van der Waals surface area contributed by atoms with E-state index in [9.17, 15) is 0 Å². The molecule has 0 spiro atoms. The summed E-state index contributed by atoms with van der Waals surface area (Å²) in [7, 11) is 0. The molecule has 3 aromatic heterocycles. The lowest BCUT2D eigenvalue weighted by Gasteiger charge is -2.22. The van der Waals surface area contributed by atoms with Crippen molar-refractivity contribution in [3.8, 4) is 22.6 Å². The number of pyridine rings is 1. The van der Waals surface area contributed by atoms with Gasteiger partial charge in [-0.2, -0.15) is 0 Å². The summed E-state index contributed by atoms with van der Waals surface area (Å²) in [4.78, 5) is 6.35. The highest BCUT2D eigenvalue weighted by atomic mass is 32.1. The van der Waals surface area contributed by atoms with Gasteiger partial charge in [-0.1, -0.05) is 71.0 Å². The third kappa shape index (κ3) is 4.14. The molecular weight excluding hydrogens is 482 g/mol. The third-order valence-electron chi connectivity index (χ3n) is 7.69. The van der Waals surface area contributed by atoms with Crippen LogP contribution in [0.4, 0.5) is 0 Å². The molecule has 6 aromatic rings. The summed E-state index contributed by atoms with van der Waals surface area (Å²) in [5.74, 6) is 1.59. The predicted molar refractivity (Wildman–Crippen MR) is 164 cm³/mol. The molecular formula is C35H35NOS. The van der Waals surface area contributed by atoms with Gasteiger partial charge in [0.25, 0.3) is 0 Å². The van der Waals surface area contributed by atoms with Crippen LogP contribution in [0.5, 0.6) is 0 Å². The zero-order chi connectivity index (χ0) is 26.8. The normalized spacial score (nSPS) is 12.4. The second-order valence-corrected chi connectivity index (χ2v) is 13.2. The van der Waals surface area contributed by atoms with Crippen molar-refractivity contribution in [3.05, 3.63) is 88.4 Å². The van der Waals surface area contributed by atoms with Gasteiger partial charge in [0.1, 0.15) is 11.5 Å². The molecule has 0 aliphatic rings. The van der Waals surface area contributed by atoms with Crippen LogP contribution in [-0.4, -0.2) is 4.98 Å². The Morgan fingerprint density at radius 3 is 2.39 bits per heavy atom. The fourth-order valence-electron chi connectivity index (χ4n) is 5.68. The van der Waals surface area contributed by atoms with Crippen LogP contribution < -0.4 is 0 Å². The van der Waals surface area contributed by atoms with Crippen molar-refractivity contribution in [1.82, 2.24) is 4.98 Å². The van der Waals surface area contributed by atoms with Crippen molar-refractivity contribution in [2.75, 3.05) is 0 Å². The zero-order valence-corrected chi connectivity index (χ0v) is 24.2. The number of aromatic nitrogens is 1. The van der Waals surface area contributed by atoms with E-state index in [1.54, 1.807) is 0 Å². The molecule has 0 amide bonds. The van der Waals surface area contributed by atoms with E-state index in [1.165, 1.54) is 36.9 Å². The molecule has 0 atom stereocenters. The van der Waals surface area contributed by atoms with Crippen LogP contribution in [0.15, 0.2) is 71.3 Å². The van der Waals surface area contributed by atoms with Gasteiger partial charge < -0.3 is 4.42 Å². The molecule has 0 saturated carbocycles. The summed E-state index contributed by atoms with van der Waals surface area (Å²) in [6.45, 7) is 15.8. The number of hydrogen-bond donors (Lipinski definition) is 0. The molecule has 0 aliphatic carbocycles. The predicted octanol–water partition coefficient (Wildman–Crippen LogP) is 10.6. The Labute approximate surface area is 229 Å². The molecule has 0 unspecified atom stereocenters. The lowest BCUT2D eigenvalue weighted by Crippen LogP contribution is -2.12. The van der Waals surface area contributed by atoms with Crippen LogP contribution in [0.25, 0.3) is 54.4 Å². The number of benzene rings is 3. The molecule has 0 bridgehead atoms. The summed E-state index contributed by atoms with van der Waals surface area (Å²) >= 11 is 1.92. The van der Waals surface area contributed by atoms with E-state index < -0.39 is 0 Å². The fourth-order valence-corrected chi connectivity index (χ4v) is 7.14. The molecule has 192 valence electrons. The second kappa shape index (κ2) is 9.10. The summed E-state index contributed by atoms with van der Waals surface area (Å²) in [5, 5.41) is 5.01. The van der Waals surface area contributed by atoms with Gasteiger partial charge >= 0.3 is 0 Å². The molecule has 2 nitrogen and oxygen atoms in total. The Morgan fingerprint density at radius 1 is 0.842 bits per heavy atom. The summed E-state index contributed by atoms with van der Waals surface area (Å²) in [5.41, 5.74) is 7.91. The van der Waals surface area contributed by atoms with Gasteiger partial charge in [-0.25, -0.2) is 0 Å². The van der Waals surface area contributed by atoms with Crippen LogP contribution in [0.2, 0.25) is 0 Å². The third-order valence-corrected chi connectivity index (χ3v) is 8.97. The maximum absolute atomic E-state index is 6.70. The van der Waals surface area contributed by atoms with Crippen molar-refractivity contribution in [3.63, 3.8) is 0 Å². The van der Waals surface area contributed by atoms with Crippen LogP contribution in [0, 0.1) is 19.8 Å². The first kappa shape index (κ1) is 24.9. The van der Waals surface area contributed by atoms with Crippen molar-refractivity contribution in [2.24, 2.45) is 5.92 Å². The maximum Gasteiger partial charge on any atom is 0.161 e. The van der Waals surface area contributed by atoms with Gasteiger partial charge in [0.2, 0.25) is 0 Å². The summed E-state index contributed by atoms with van der Waals surface area (Å²) < 4.78 is 8.03.